The number of halogens is 1. The summed E-state index contributed by atoms with van der Waals surface area (Å²) in [6, 6.07) is 12.3. The molecule has 0 aliphatic rings. The average Bonchev–Trinajstić information content (AvgIpc) is 3.19. The van der Waals surface area contributed by atoms with Crippen LogP contribution in [0.2, 0.25) is 0 Å². The quantitative estimate of drug-likeness (QED) is 0.216. The Morgan fingerprint density at radius 2 is 1.77 bits per heavy atom. The van der Waals surface area contributed by atoms with Crippen molar-refractivity contribution in [3.63, 3.8) is 0 Å². The number of rotatable bonds is 7. The first-order valence-corrected chi connectivity index (χ1v) is 10.1. The summed E-state index contributed by atoms with van der Waals surface area (Å²) in [6.07, 6.45) is 0.979. The van der Waals surface area contributed by atoms with Crippen LogP contribution in [0.25, 0.3) is 5.69 Å². The largest absolute Gasteiger partial charge is 0.356 e. The van der Waals surface area contributed by atoms with Crippen molar-refractivity contribution in [2.45, 2.75) is 47.2 Å². The van der Waals surface area contributed by atoms with Crippen molar-refractivity contribution in [2.75, 3.05) is 13.6 Å². The Labute approximate surface area is 196 Å². The molecule has 0 aliphatic carbocycles. The Hall–Kier alpha value is -2.36. The fourth-order valence-electron chi connectivity index (χ4n) is 3.48. The maximum Gasteiger partial charge on any atom is 0.191 e. The van der Waals surface area contributed by atoms with E-state index < -0.39 is 0 Å². The van der Waals surface area contributed by atoms with Crippen molar-refractivity contribution >= 4 is 29.9 Å². The van der Waals surface area contributed by atoms with Gasteiger partial charge in [0.15, 0.2) is 5.96 Å². The number of nitrogens with one attached hydrogen (secondary N) is 2. The molecule has 3 aromatic rings. The third-order valence-electron chi connectivity index (χ3n) is 5.04. The average molecular weight is 521 g/mol. The summed E-state index contributed by atoms with van der Waals surface area (Å²) >= 11 is 0. The van der Waals surface area contributed by atoms with Crippen LogP contribution in [0.3, 0.4) is 0 Å². The minimum absolute atomic E-state index is 0. The molecule has 8 heteroatoms. The van der Waals surface area contributed by atoms with Gasteiger partial charge in [-0.25, -0.2) is 4.68 Å². The zero-order valence-electron chi connectivity index (χ0n) is 18.4. The lowest BCUT2D eigenvalue weighted by atomic mass is 10.2. The highest BCUT2D eigenvalue weighted by Gasteiger charge is 2.13. The molecule has 0 saturated heterocycles. The van der Waals surface area contributed by atoms with E-state index in [-0.39, 0.29) is 24.0 Å². The van der Waals surface area contributed by atoms with Crippen LogP contribution in [0.4, 0.5) is 0 Å². The Kier molecular flexibility index (Phi) is 8.88. The molecule has 162 valence electrons. The molecule has 0 spiro atoms. The predicted octanol–water partition coefficient (Wildman–Crippen LogP) is 3.68. The molecule has 30 heavy (non-hydrogen) atoms. The number of aryl methyl sites for hydroxylation is 4. The molecule has 2 heterocycles. The van der Waals surface area contributed by atoms with Crippen molar-refractivity contribution in [1.29, 1.82) is 0 Å². The second kappa shape index (κ2) is 11.1. The second-order valence-electron chi connectivity index (χ2n) is 7.25. The van der Waals surface area contributed by atoms with Gasteiger partial charge in [0, 0.05) is 43.6 Å². The van der Waals surface area contributed by atoms with Crippen molar-refractivity contribution in [1.82, 2.24) is 30.2 Å². The third-order valence-corrected chi connectivity index (χ3v) is 5.04. The molecule has 0 aliphatic heterocycles. The molecule has 0 radical (unpaired) electrons. The first-order chi connectivity index (χ1) is 14.0. The number of benzene rings is 1. The van der Waals surface area contributed by atoms with Gasteiger partial charge >= 0.3 is 0 Å². The maximum absolute atomic E-state index is 4.71. The summed E-state index contributed by atoms with van der Waals surface area (Å²) in [7, 11) is 1.80. The van der Waals surface area contributed by atoms with Gasteiger partial charge in [-0.2, -0.15) is 10.2 Å². The number of guanidine groups is 1. The van der Waals surface area contributed by atoms with E-state index in [4.69, 9.17) is 5.10 Å². The van der Waals surface area contributed by atoms with Gasteiger partial charge < -0.3 is 10.6 Å². The van der Waals surface area contributed by atoms with Crippen LogP contribution < -0.4 is 10.6 Å². The molecule has 0 amide bonds. The number of nitrogens with zero attached hydrogens (tertiary/aromatic N) is 5. The van der Waals surface area contributed by atoms with Gasteiger partial charge in [0.25, 0.3) is 0 Å². The predicted molar refractivity (Wildman–Crippen MR) is 133 cm³/mol. The van der Waals surface area contributed by atoms with E-state index in [1.807, 2.05) is 36.7 Å². The van der Waals surface area contributed by atoms with Gasteiger partial charge in [0.1, 0.15) is 0 Å². The van der Waals surface area contributed by atoms with E-state index >= 15 is 0 Å². The Balaban J connectivity index is 0.00000320. The summed E-state index contributed by atoms with van der Waals surface area (Å²) in [5.74, 6) is 0.796. The molecule has 0 bridgehead atoms. The topological polar surface area (TPSA) is 72.1 Å². The Morgan fingerprint density at radius 1 is 1.03 bits per heavy atom. The van der Waals surface area contributed by atoms with Crippen LogP contribution in [-0.2, 0) is 13.1 Å². The first-order valence-electron chi connectivity index (χ1n) is 10.1. The van der Waals surface area contributed by atoms with Gasteiger partial charge in [0.2, 0.25) is 0 Å². The summed E-state index contributed by atoms with van der Waals surface area (Å²) in [4.78, 5) is 4.34. The number of hydrogen-bond acceptors (Lipinski definition) is 3. The highest BCUT2D eigenvalue weighted by atomic mass is 127. The number of hydrogen-bond donors (Lipinski definition) is 2. The monoisotopic (exact) mass is 521 g/mol. The normalized spacial score (nSPS) is 11.3. The van der Waals surface area contributed by atoms with Crippen molar-refractivity contribution < 1.29 is 0 Å². The Morgan fingerprint density at radius 3 is 2.40 bits per heavy atom. The van der Waals surface area contributed by atoms with Crippen molar-refractivity contribution in [2.24, 2.45) is 4.99 Å². The van der Waals surface area contributed by atoms with E-state index in [1.165, 1.54) is 11.3 Å². The molecule has 0 fully saturated rings. The molecule has 0 saturated carbocycles. The lowest BCUT2D eigenvalue weighted by molar-refractivity contribution is 0.555. The van der Waals surface area contributed by atoms with Gasteiger partial charge in [0.05, 0.1) is 17.1 Å². The smallest absolute Gasteiger partial charge is 0.191 e. The maximum atomic E-state index is 4.71. The van der Waals surface area contributed by atoms with Crippen molar-refractivity contribution in [3.05, 3.63) is 64.7 Å². The zero-order valence-corrected chi connectivity index (χ0v) is 20.8. The van der Waals surface area contributed by atoms with E-state index in [2.05, 4.69) is 57.5 Å². The summed E-state index contributed by atoms with van der Waals surface area (Å²) < 4.78 is 4.05. The third kappa shape index (κ3) is 5.84. The molecule has 1 aromatic carbocycles. The van der Waals surface area contributed by atoms with Crippen LogP contribution in [0.1, 0.15) is 34.8 Å². The van der Waals surface area contributed by atoms with Crippen LogP contribution in [0.15, 0.2) is 41.4 Å². The lowest BCUT2D eigenvalue weighted by Gasteiger charge is -2.13. The minimum Gasteiger partial charge on any atom is -0.356 e. The zero-order chi connectivity index (χ0) is 20.8. The molecule has 3 rings (SSSR count). The molecule has 2 N–H and O–H groups in total. The van der Waals surface area contributed by atoms with E-state index in [1.54, 1.807) is 7.05 Å². The van der Waals surface area contributed by atoms with E-state index in [0.29, 0.717) is 6.54 Å². The van der Waals surface area contributed by atoms with E-state index in [0.717, 1.165) is 48.2 Å². The fraction of sp³-hybridized carbons (Fsp3) is 0.409. The number of aliphatic imine (C=N–C) groups is 1. The second-order valence-corrected chi connectivity index (χ2v) is 7.25. The van der Waals surface area contributed by atoms with Gasteiger partial charge in [-0.15, -0.1) is 24.0 Å². The van der Waals surface area contributed by atoms with Gasteiger partial charge in [-0.3, -0.25) is 9.67 Å². The SMILES string of the molecule is CN=C(NCCCn1nc(C)cc1C)NCc1c(C)nn(-c2ccccc2)c1C.I. The highest BCUT2D eigenvalue weighted by Crippen LogP contribution is 2.17. The van der Waals surface area contributed by atoms with Gasteiger partial charge in [-0.1, -0.05) is 18.2 Å². The van der Waals surface area contributed by atoms with Crippen LogP contribution in [0, 0.1) is 27.7 Å². The number of para-hydroxylation sites is 1. The molecule has 0 atom stereocenters. The van der Waals surface area contributed by atoms with E-state index in [9.17, 15) is 0 Å². The highest BCUT2D eigenvalue weighted by molar-refractivity contribution is 14.0. The van der Waals surface area contributed by atoms with Gasteiger partial charge in [-0.05, 0) is 52.3 Å². The Bertz CT molecular complexity index is 973. The summed E-state index contributed by atoms with van der Waals surface area (Å²) in [6.45, 7) is 10.7. The van der Waals surface area contributed by atoms with Crippen molar-refractivity contribution in [3.8, 4) is 5.69 Å². The molecular weight excluding hydrogens is 489 g/mol. The summed E-state index contributed by atoms with van der Waals surface area (Å²) in [5, 5.41) is 16.0. The summed E-state index contributed by atoms with van der Waals surface area (Å²) in [5.41, 5.74) is 6.70. The lowest BCUT2D eigenvalue weighted by Crippen LogP contribution is -2.37. The molecular formula is C22H32IN7. The van der Waals surface area contributed by atoms with Crippen LogP contribution >= 0.6 is 24.0 Å². The van der Waals surface area contributed by atoms with Crippen LogP contribution in [-0.4, -0.2) is 39.1 Å². The minimum atomic E-state index is 0. The first kappa shape index (κ1) is 23.9. The fourth-order valence-corrected chi connectivity index (χ4v) is 3.48. The standard InChI is InChI=1S/C22H31N7.HI/c1-16-14-17(2)28(26-16)13-9-12-24-22(23-5)25-15-21-18(3)27-29(19(21)4)20-10-7-6-8-11-20;/h6-8,10-11,14H,9,12-13,15H2,1-5H3,(H2,23,24,25);1H. The molecule has 0 unspecified atom stereocenters. The molecule has 7 nitrogen and oxygen atoms in total. The molecule has 2 aromatic heterocycles. The number of aromatic nitrogens is 4. The van der Waals surface area contributed by atoms with Crippen LogP contribution in [0.5, 0.6) is 0 Å².